The lowest BCUT2D eigenvalue weighted by atomic mass is 9.86. The fourth-order valence-electron chi connectivity index (χ4n) is 1.45. The Morgan fingerprint density at radius 2 is 1.81 bits per heavy atom. The number of rotatable bonds is 3. The Kier molecular flexibility index (Phi) is 2.89. The van der Waals surface area contributed by atoms with Gasteiger partial charge in [-0.25, -0.2) is 0 Å². The molecule has 0 radical (unpaired) electrons. The first-order chi connectivity index (χ1) is 7.68. The van der Waals surface area contributed by atoms with Gasteiger partial charge in [0.25, 0.3) is 0 Å². The zero-order chi connectivity index (χ0) is 11.5. The van der Waals surface area contributed by atoms with Gasteiger partial charge in [0.1, 0.15) is 0 Å². The van der Waals surface area contributed by atoms with Gasteiger partial charge in [0, 0.05) is 22.9 Å². The molecule has 0 atom stereocenters. The topological polar surface area (TPSA) is 73.3 Å². The number of carbonyl (C=O) groups excluding carboxylic acids is 1. The third-order valence-corrected chi connectivity index (χ3v) is 2.28. The van der Waals surface area contributed by atoms with Crippen LogP contribution < -0.4 is 5.59 Å². The Morgan fingerprint density at radius 3 is 2.38 bits per heavy atom. The van der Waals surface area contributed by atoms with Crippen molar-refractivity contribution in [3.8, 4) is 0 Å². The smallest absolute Gasteiger partial charge is 0.422 e. The van der Waals surface area contributed by atoms with E-state index < -0.39 is 7.12 Å². The lowest BCUT2D eigenvalue weighted by molar-refractivity contribution is 0.103. The summed E-state index contributed by atoms with van der Waals surface area (Å²) in [6.07, 6.45) is 1.46. The SMILES string of the molecule is O=C(c1ccccc1)c1c[nH]c(B(O)O)c1. The summed E-state index contributed by atoms with van der Waals surface area (Å²) in [7, 11) is -1.59. The lowest BCUT2D eigenvalue weighted by Crippen LogP contribution is -2.30. The quantitative estimate of drug-likeness (QED) is 0.495. The van der Waals surface area contributed by atoms with E-state index in [4.69, 9.17) is 10.0 Å². The molecule has 2 rings (SSSR count). The maximum Gasteiger partial charge on any atom is 0.505 e. The summed E-state index contributed by atoms with van der Waals surface area (Å²) in [6.45, 7) is 0. The average Bonchev–Trinajstić information content (AvgIpc) is 2.78. The molecule has 0 spiro atoms. The van der Waals surface area contributed by atoms with E-state index in [-0.39, 0.29) is 11.4 Å². The summed E-state index contributed by atoms with van der Waals surface area (Å²) in [5.74, 6) is -0.149. The number of H-pyrrole nitrogens is 1. The zero-order valence-electron chi connectivity index (χ0n) is 8.42. The van der Waals surface area contributed by atoms with Crippen LogP contribution in [0, 0.1) is 0 Å². The number of benzene rings is 1. The molecule has 0 fully saturated rings. The van der Waals surface area contributed by atoms with E-state index in [1.165, 1.54) is 12.3 Å². The van der Waals surface area contributed by atoms with Gasteiger partial charge >= 0.3 is 7.12 Å². The number of aromatic amines is 1. The van der Waals surface area contributed by atoms with Crippen molar-refractivity contribution in [2.75, 3.05) is 0 Å². The average molecular weight is 215 g/mol. The second-order valence-corrected chi connectivity index (χ2v) is 3.41. The number of ketones is 1. The van der Waals surface area contributed by atoms with Gasteiger partial charge in [-0.05, 0) is 6.07 Å². The van der Waals surface area contributed by atoms with E-state index in [1.54, 1.807) is 24.3 Å². The van der Waals surface area contributed by atoms with E-state index >= 15 is 0 Å². The minimum atomic E-state index is -1.59. The van der Waals surface area contributed by atoms with Gasteiger partial charge in [-0.15, -0.1) is 0 Å². The monoisotopic (exact) mass is 215 g/mol. The van der Waals surface area contributed by atoms with Crippen LogP contribution in [-0.4, -0.2) is 27.9 Å². The summed E-state index contributed by atoms with van der Waals surface area (Å²) in [6, 6.07) is 10.2. The third-order valence-electron chi connectivity index (χ3n) is 2.28. The van der Waals surface area contributed by atoms with E-state index in [1.807, 2.05) is 6.07 Å². The molecule has 3 N–H and O–H groups in total. The van der Waals surface area contributed by atoms with Crippen LogP contribution >= 0.6 is 0 Å². The maximum absolute atomic E-state index is 11.9. The molecule has 80 valence electrons. The fraction of sp³-hybridized carbons (Fsp3) is 0. The highest BCUT2D eigenvalue weighted by Crippen LogP contribution is 2.07. The van der Waals surface area contributed by atoms with Gasteiger partial charge < -0.3 is 15.0 Å². The summed E-state index contributed by atoms with van der Waals surface area (Å²) in [5, 5.41) is 17.8. The molecule has 1 aromatic carbocycles. The van der Waals surface area contributed by atoms with Crippen molar-refractivity contribution < 1.29 is 14.8 Å². The van der Waals surface area contributed by atoms with Crippen molar-refractivity contribution >= 4 is 18.5 Å². The second kappa shape index (κ2) is 4.34. The number of hydrogen-bond acceptors (Lipinski definition) is 3. The molecular formula is C11H10BNO3. The van der Waals surface area contributed by atoms with Gasteiger partial charge in [-0.2, -0.15) is 0 Å². The molecule has 1 heterocycles. The predicted octanol–water partition coefficient (Wildman–Crippen LogP) is -0.0745. The van der Waals surface area contributed by atoms with Crippen LogP contribution in [0.1, 0.15) is 15.9 Å². The summed E-state index contributed by atoms with van der Waals surface area (Å²) in [5.41, 5.74) is 1.19. The predicted molar refractivity (Wildman–Crippen MR) is 60.5 cm³/mol. The molecule has 0 unspecified atom stereocenters. The number of aromatic nitrogens is 1. The van der Waals surface area contributed by atoms with Crippen molar-refractivity contribution in [3.63, 3.8) is 0 Å². The summed E-state index contributed by atoms with van der Waals surface area (Å²) < 4.78 is 0. The van der Waals surface area contributed by atoms with Crippen LogP contribution in [0.15, 0.2) is 42.6 Å². The van der Waals surface area contributed by atoms with E-state index in [9.17, 15) is 4.79 Å². The molecule has 1 aromatic heterocycles. The molecule has 0 aliphatic carbocycles. The Hall–Kier alpha value is -1.85. The van der Waals surface area contributed by atoms with Crippen molar-refractivity contribution in [3.05, 3.63) is 53.7 Å². The van der Waals surface area contributed by atoms with Crippen LogP contribution in [0.2, 0.25) is 0 Å². The largest absolute Gasteiger partial charge is 0.505 e. The standard InChI is InChI=1S/C11H10BNO3/c14-11(8-4-2-1-3-5-8)9-6-10(12(15)16)13-7-9/h1-7,13,15-16H. The van der Waals surface area contributed by atoms with Crippen LogP contribution in [0.5, 0.6) is 0 Å². The van der Waals surface area contributed by atoms with Crippen LogP contribution in [-0.2, 0) is 0 Å². The zero-order valence-corrected chi connectivity index (χ0v) is 8.42. The normalized spacial score (nSPS) is 10.1. The van der Waals surface area contributed by atoms with Gasteiger partial charge in [0.05, 0.1) is 0 Å². The Labute approximate surface area is 92.7 Å². The highest BCUT2D eigenvalue weighted by atomic mass is 16.4. The molecule has 0 bridgehead atoms. The molecule has 0 amide bonds. The summed E-state index contributed by atoms with van der Waals surface area (Å²) >= 11 is 0. The van der Waals surface area contributed by atoms with Crippen LogP contribution in [0.25, 0.3) is 0 Å². The van der Waals surface area contributed by atoms with E-state index in [0.29, 0.717) is 11.1 Å². The lowest BCUT2D eigenvalue weighted by Gasteiger charge is -1.96. The Morgan fingerprint density at radius 1 is 1.12 bits per heavy atom. The first-order valence-electron chi connectivity index (χ1n) is 4.82. The maximum atomic E-state index is 11.9. The third kappa shape index (κ3) is 2.05. The van der Waals surface area contributed by atoms with E-state index in [0.717, 1.165) is 0 Å². The molecule has 16 heavy (non-hydrogen) atoms. The first kappa shape index (κ1) is 10.7. The van der Waals surface area contributed by atoms with Crippen molar-refractivity contribution in [2.45, 2.75) is 0 Å². The number of carbonyl (C=O) groups is 1. The molecule has 0 saturated heterocycles. The molecule has 0 aliphatic rings. The Bertz CT molecular complexity index is 493. The minimum absolute atomic E-state index is 0.149. The highest BCUT2D eigenvalue weighted by Gasteiger charge is 2.16. The number of nitrogens with one attached hydrogen (secondary N) is 1. The highest BCUT2D eigenvalue weighted by molar-refractivity contribution is 6.57. The van der Waals surface area contributed by atoms with Crippen LogP contribution in [0.3, 0.4) is 0 Å². The van der Waals surface area contributed by atoms with Crippen LogP contribution in [0.4, 0.5) is 0 Å². The number of hydrogen-bond donors (Lipinski definition) is 3. The first-order valence-corrected chi connectivity index (χ1v) is 4.82. The molecule has 0 aliphatic heterocycles. The second-order valence-electron chi connectivity index (χ2n) is 3.41. The molecule has 5 heteroatoms. The van der Waals surface area contributed by atoms with Crippen molar-refractivity contribution in [1.82, 2.24) is 4.98 Å². The molecular weight excluding hydrogens is 205 g/mol. The Balaban J connectivity index is 2.28. The fourth-order valence-corrected chi connectivity index (χ4v) is 1.45. The summed E-state index contributed by atoms with van der Waals surface area (Å²) in [4.78, 5) is 14.5. The molecule has 4 nitrogen and oxygen atoms in total. The van der Waals surface area contributed by atoms with E-state index in [2.05, 4.69) is 4.98 Å². The van der Waals surface area contributed by atoms with Gasteiger partial charge in [0.15, 0.2) is 5.78 Å². The van der Waals surface area contributed by atoms with Crippen molar-refractivity contribution in [2.24, 2.45) is 0 Å². The minimum Gasteiger partial charge on any atom is -0.422 e. The van der Waals surface area contributed by atoms with Gasteiger partial charge in [-0.1, -0.05) is 30.3 Å². The molecule has 2 aromatic rings. The van der Waals surface area contributed by atoms with Gasteiger partial charge in [-0.3, -0.25) is 4.79 Å². The molecule has 0 saturated carbocycles. The van der Waals surface area contributed by atoms with Gasteiger partial charge in [0.2, 0.25) is 0 Å². The van der Waals surface area contributed by atoms with Crippen molar-refractivity contribution in [1.29, 1.82) is 0 Å².